The molecule has 0 spiro atoms. The lowest BCUT2D eigenvalue weighted by atomic mass is 9.95. The van der Waals surface area contributed by atoms with Crippen LogP contribution >= 0.6 is 11.3 Å². The number of thiophene rings is 1. The summed E-state index contributed by atoms with van der Waals surface area (Å²) in [5.41, 5.74) is 7.68. The second-order valence-electron chi connectivity index (χ2n) is 7.71. The van der Waals surface area contributed by atoms with Crippen molar-refractivity contribution in [1.82, 2.24) is 0 Å². The van der Waals surface area contributed by atoms with Crippen molar-refractivity contribution in [2.24, 2.45) is 11.7 Å². The van der Waals surface area contributed by atoms with E-state index in [0.717, 1.165) is 36.1 Å². The van der Waals surface area contributed by atoms with Crippen LogP contribution in [0.4, 0.5) is 10.7 Å². The van der Waals surface area contributed by atoms with Gasteiger partial charge in [-0.25, -0.2) is 0 Å². The maximum absolute atomic E-state index is 12.9. The molecule has 1 aliphatic carbocycles. The SMILES string of the molecule is NC(=O)c1c(NC(=O)C2CC(=O)N(c3ccc4c(c3)OCO4)C2)sc2c1CCCC2. The quantitative estimate of drug-likeness (QED) is 0.779. The number of primary amides is 1. The summed E-state index contributed by atoms with van der Waals surface area (Å²) >= 11 is 1.43. The van der Waals surface area contributed by atoms with E-state index in [4.69, 9.17) is 15.2 Å². The third kappa shape index (κ3) is 3.19. The highest BCUT2D eigenvalue weighted by Gasteiger charge is 2.36. The molecule has 2 aromatic rings. The van der Waals surface area contributed by atoms with Crippen LogP contribution in [0.15, 0.2) is 18.2 Å². The minimum Gasteiger partial charge on any atom is -0.454 e. The number of hydrogen-bond acceptors (Lipinski definition) is 6. The fourth-order valence-corrected chi connectivity index (χ4v) is 5.61. The molecule has 1 unspecified atom stereocenters. The summed E-state index contributed by atoms with van der Waals surface area (Å²) in [5.74, 6) is -0.205. The summed E-state index contributed by atoms with van der Waals surface area (Å²) in [6.45, 7) is 0.423. The van der Waals surface area contributed by atoms with Gasteiger partial charge in [0.25, 0.3) is 5.91 Å². The van der Waals surface area contributed by atoms with E-state index < -0.39 is 11.8 Å². The molecule has 5 rings (SSSR count). The van der Waals surface area contributed by atoms with Crippen molar-refractivity contribution in [3.63, 3.8) is 0 Å². The second kappa shape index (κ2) is 7.32. The molecule has 0 bridgehead atoms. The van der Waals surface area contributed by atoms with Crippen molar-refractivity contribution in [1.29, 1.82) is 0 Å². The molecule has 30 heavy (non-hydrogen) atoms. The number of rotatable bonds is 4. The molecule has 1 atom stereocenters. The molecule has 8 nitrogen and oxygen atoms in total. The summed E-state index contributed by atoms with van der Waals surface area (Å²) in [5, 5.41) is 3.39. The molecule has 3 N–H and O–H groups in total. The van der Waals surface area contributed by atoms with Gasteiger partial charge >= 0.3 is 0 Å². The maximum Gasteiger partial charge on any atom is 0.251 e. The van der Waals surface area contributed by atoms with Crippen molar-refractivity contribution in [2.75, 3.05) is 23.6 Å². The number of ether oxygens (including phenoxy) is 2. The number of nitrogens with zero attached hydrogens (tertiary/aromatic N) is 1. The Hall–Kier alpha value is -3.07. The van der Waals surface area contributed by atoms with Gasteiger partial charge in [-0.3, -0.25) is 14.4 Å². The van der Waals surface area contributed by atoms with Crippen molar-refractivity contribution in [2.45, 2.75) is 32.1 Å². The molecule has 1 aromatic carbocycles. The first-order valence-electron chi connectivity index (χ1n) is 9.96. The number of benzene rings is 1. The highest BCUT2D eigenvalue weighted by Crippen LogP contribution is 2.39. The number of carbonyl (C=O) groups is 3. The number of nitrogens with two attached hydrogens (primary N) is 1. The van der Waals surface area contributed by atoms with E-state index in [-0.39, 0.29) is 31.6 Å². The third-order valence-corrected chi connectivity index (χ3v) is 7.03. The van der Waals surface area contributed by atoms with Crippen molar-refractivity contribution < 1.29 is 23.9 Å². The summed E-state index contributed by atoms with van der Waals surface area (Å²) in [4.78, 5) is 40.2. The Balaban J connectivity index is 1.34. The van der Waals surface area contributed by atoms with E-state index in [0.29, 0.717) is 27.8 Å². The van der Waals surface area contributed by atoms with E-state index in [1.807, 2.05) is 0 Å². The largest absolute Gasteiger partial charge is 0.454 e. The van der Waals surface area contributed by atoms with Crippen LogP contribution < -0.4 is 25.4 Å². The highest BCUT2D eigenvalue weighted by molar-refractivity contribution is 7.17. The lowest BCUT2D eigenvalue weighted by Crippen LogP contribution is -2.28. The minimum absolute atomic E-state index is 0.108. The molecule has 3 heterocycles. The molecule has 3 amide bonds. The van der Waals surface area contributed by atoms with Crippen LogP contribution in [0.3, 0.4) is 0 Å². The number of carbonyl (C=O) groups excluding carboxylic acids is 3. The standard InChI is InChI=1S/C21H21N3O5S/c22-19(26)18-13-3-1-2-4-16(13)30-21(18)23-20(27)11-7-17(25)24(9-11)12-5-6-14-15(8-12)29-10-28-14/h5-6,8,11H,1-4,7,9-10H2,(H2,22,26)(H,23,27). The predicted octanol–water partition coefficient (Wildman–Crippen LogP) is 2.45. The average molecular weight is 427 g/mol. The second-order valence-corrected chi connectivity index (χ2v) is 8.82. The van der Waals surface area contributed by atoms with Crippen molar-refractivity contribution >= 4 is 39.7 Å². The van der Waals surface area contributed by atoms with E-state index >= 15 is 0 Å². The zero-order chi connectivity index (χ0) is 20.8. The monoisotopic (exact) mass is 427 g/mol. The van der Waals surface area contributed by atoms with Gasteiger partial charge < -0.3 is 25.4 Å². The molecule has 1 aromatic heterocycles. The van der Waals surface area contributed by atoms with Crippen LogP contribution in [-0.4, -0.2) is 31.1 Å². The molecular weight excluding hydrogens is 406 g/mol. The van der Waals surface area contributed by atoms with Crippen LogP contribution in [-0.2, 0) is 22.4 Å². The summed E-state index contributed by atoms with van der Waals surface area (Å²) in [7, 11) is 0. The van der Waals surface area contributed by atoms with Crippen LogP contribution in [0.1, 0.15) is 40.1 Å². The van der Waals surface area contributed by atoms with Gasteiger partial charge in [0.05, 0.1) is 11.5 Å². The number of nitrogens with one attached hydrogen (secondary N) is 1. The van der Waals surface area contributed by atoms with Gasteiger partial charge in [-0.15, -0.1) is 11.3 Å². The molecule has 1 saturated heterocycles. The lowest BCUT2D eigenvalue weighted by molar-refractivity contribution is -0.122. The van der Waals surface area contributed by atoms with Crippen LogP contribution in [0.25, 0.3) is 0 Å². The number of anilines is 2. The molecule has 3 aliphatic rings. The van der Waals surface area contributed by atoms with Gasteiger partial charge in [-0.1, -0.05) is 0 Å². The predicted molar refractivity (Wildman–Crippen MR) is 111 cm³/mol. The van der Waals surface area contributed by atoms with Gasteiger partial charge in [0.15, 0.2) is 11.5 Å². The van der Waals surface area contributed by atoms with Gasteiger partial charge in [-0.2, -0.15) is 0 Å². The first-order valence-corrected chi connectivity index (χ1v) is 10.8. The molecule has 1 fully saturated rings. The van der Waals surface area contributed by atoms with Gasteiger partial charge in [-0.05, 0) is 43.4 Å². The highest BCUT2D eigenvalue weighted by atomic mass is 32.1. The fourth-order valence-electron chi connectivity index (χ4n) is 4.31. The minimum atomic E-state index is -0.519. The Morgan fingerprint density at radius 1 is 1.17 bits per heavy atom. The molecular formula is C21H21N3O5S. The number of hydrogen-bond donors (Lipinski definition) is 2. The number of amides is 3. The third-order valence-electron chi connectivity index (χ3n) is 5.82. The first-order chi connectivity index (χ1) is 14.5. The fraction of sp³-hybridized carbons (Fsp3) is 0.381. The van der Waals surface area contributed by atoms with Crippen molar-refractivity contribution in [3.8, 4) is 11.5 Å². The van der Waals surface area contributed by atoms with Crippen molar-refractivity contribution in [3.05, 3.63) is 34.2 Å². The smallest absolute Gasteiger partial charge is 0.251 e. The lowest BCUT2D eigenvalue weighted by Gasteiger charge is -2.17. The van der Waals surface area contributed by atoms with Crippen LogP contribution in [0, 0.1) is 5.92 Å². The summed E-state index contributed by atoms with van der Waals surface area (Å²) in [6.07, 6.45) is 3.90. The van der Waals surface area contributed by atoms with E-state index in [9.17, 15) is 14.4 Å². The van der Waals surface area contributed by atoms with E-state index in [1.165, 1.54) is 11.3 Å². The summed E-state index contributed by atoms with van der Waals surface area (Å²) in [6, 6.07) is 5.29. The van der Waals surface area contributed by atoms with Crippen LogP contribution in [0.5, 0.6) is 11.5 Å². The molecule has 9 heteroatoms. The summed E-state index contributed by atoms with van der Waals surface area (Å²) < 4.78 is 10.7. The normalized spacial score (nSPS) is 19.7. The molecule has 0 saturated carbocycles. The Kier molecular flexibility index (Phi) is 4.62. The maximum atomic E-state index is 12.9. The number of fused-ring (bicyclic) bond motifs is 2. The Bertz CT molecular complexity index is 1060. The number of aryl methyl sites for hydroxylation is 1. The average Bonchev–Trinajstić information content (AvgIpc) is 3.42. The van der Waals surface area contributed by atoms with Crippen LogP contribution in [0.2, 0.25) is 0 Å². The first kappa shape index (κ1) is 18.9. The molecule has 0 radical (unpaired) electrons. The Labute approximate surface area is 176 Å². The van der Waals surface area contributed by atoms with Gasteiger partial charge in [0.2, 0.25) is 18.6 Å². The zero-order valence-electron chi connectivity index (χ0n) is 16.2. The zero-order valence-corrected chi connectivity index (χ0v) is 17.0. The molecule has 156 valence electrons. The van der Waals surface area contributed by atoms with E-state index in [1.54, 1.807) is 23.1 Å². The topological polar surface area (TPSA) is 111 Å². The van der Waals surface area contributed by atoms with Gasteiger partial charge in [0.1, 0.15) is 5.00 Å². The van der Waals surface area contributed by atoms with Gasteiger partial charge in [0, 0.05) is 29.6 Å². The Morgan fingerprint density at radius 2 is 1.97 bits per heavy atom. The molecule has 2 aliphatic heterocycles. The Morgan fingerprint density at radius 3 is 2.80 bits per heavy atom. The van der Waals surface area contributed by atoms with E-state index in [2.05, 4.69) is 5.32 Å².